The first-order valence-corrected chi connectivity index (χ1v) is 7.32. The molecule has 1 aliphatic carbocycles. The molecule has 18 heavy (non-hydrogen) atoms. The van der Waals surface area contributed by atoms with Crippen LogP contribution >= 0.6 is 15.9 Å². The highest BCUT2D eigenvalue weighted by Crippen LogP contribution is 2.37. The normalized spacial score (nSPS) is 26.0. The van der Waals surface area contributed by atoms with E-state index in [1.807, 2.05) is 6.07 Å². The van der Waals surface area contributed by atoms with Crippen molar-refractivity contribution in [3.05, 3.63) is 34.1 Å². The van der Waals surface area contributed by atoms with Gasteiger partial charge in [0.15, 0.2) is 0 Å². The molecule has 2 nitrogen and oxygen atoms in total. The molecule has 0 heterocycles. The summed E-state index contributed by atoms with van der Waals surface area (Å²) >= 11 is 3.39. The second-order valence-electron chi connectivity index (χ2n) is 5.33. The van der Waals surface area contributed by atoms with Gasteiger partial charge in [-0.3, -0.25) is 11.3 Å². The molecule has 1 aromatic carbocycles. The lowest BCUT2D eigenvalue weighted by molar-refractivity contribution is 0.229. The van der Waals surface area contributed by atoms with Gasteiger partial charge in [0.05, 0.1) is 6.04 Å². The summed E-state index contributed by atoms with van der Waals surface area (Å²) in [7, 11) is 0. The zero-order valence-corrected chi connectivity index (χ0v) is 12.2. The Balaban J connectivity index is 2.19. The van der Waals surface area contributed by atoms with Crippen LogP contribution in [0.1, 0.15) is 44.2 Å². The standard InChI is InChI=1S/C14H20BrFN2/c1-9-2-4-10(5-3-9)14(18-17)12-8-11(15)6-7-13(12)16/h6-10,14,18H,2-5,17H2,1H3. The summed E-state index contributed by atoms with van der Waals surface area (Å²) in [4.78, 5) is 0. The summed E-state index contributed by atoms with van der Waals surface area (Å²) in [5.74, 6) is 6.69. The summed E-state index contributed by atoms with van der Waals surface area (Å²) in [6.45, 7) is 2.28. The van der Waals surface area contributed by atoms with Gasteiger partial charge in [0.1, 0.15) is 5.82 Å². The Kier molecular flexibility index (Phi) is 4.76. The molecule has 2 rings (SSSR count). The fraction of sp³-hybridized carbons (Fsp3) is 0.571. The first-order chi connectivity index (χ1) is 8.61. The minimum atomic E-state index is -0.181. The highest BCUT2D eigenvalue weighted by atomic mass is 79.9. The third kappa shape index (κ3) is 3.11. The van der Waals surface area contributed by atoms with E-state index in [0.29, 0.717) is 11.5 Å². The molecule has 1 saturated carbocycles. The van der Waals surface area contributed by atoms with Gasteiger partial charge in [-0.05, 0) is 42.9 Å². The lowest BCUT2D eigenvalue weighted by Gasteiger charge is -2.32. The predicted octanol–water partition coefficient (Wildman–Crippen LogP) is 3.92. The minimum absolute atomic E-state index is 0.0880. The molecule has 1 unspecified atom stereocenters. The summed E-state index contributed by atoms with van der Waals surface area (Å²) < 4.78 is 14.8. The highest BCUT2D eigenvalue weighted by Gasteiger charge is 2.28. The fourth-order valence-electron chi connectivity index (χ4n) is 2.85. The van der Waals surface area contributed by atoms with E-state index in [4.69, 9.17) is 5.84 Å². The number of halogens is 2. The van der Waals surface area contributed by atoms with E-state index in [9.17, 15) is 4.39 Å². The largest absolute Gasteiger partial charge is 0.271 e. The molecular weight excluding hydrogens is 295 g/mol. The molecule has 4 heteroatoms. The lowest BCUT2D eigenvalue weighted by atomic mass is 9.77. The van der Waals surface area contributed by atoms with E-state index in [1.165, 1.54) is 18.9 Å². The van der Waals surface area contributed by atoms with Gasteiger partial charge in [-0.2, -0.15) is 0 Å². The number of benzene rings is 1. The van der Waals surface area contributed by atoms with Gasteiger partial charge in [0.2, 0.25) is 0 Å². The first kappa shape index (κ1) is 14.0. The van der Waals surface area contributed by atoms with Crippen LogP contribution in [0.25, 0.3) is 0 Å². The summed E-state index contributed by atoms with van der Waals surface area (Å²) in [6.07, 6.45) is 4.64. The van der Waals surface area contributed by atoms with E-state index in [2.05, 4.69) is 28.3 Å². The van der Waals surface area contributed by atoms with Crippen LogP contribution in [0.5, 0.6) is 0 Å². The van der Waals surface area contributed by atoms with Crippen molar-refractivity contribution in [3.63, 3.8) is 0 Å². The molecule has 1 fully saturated rings. The van der Waals surface area contributed by atoms with Gasteiger partial charge in [0, 0.05) is 10.0 Å². The smallest absolute Gasteiger partial charge is 0.128 e. The summed E-state index contributed by atoms with van der Waals surface area (Å²) in [5.41, 5.74) is 3.48. The summed E-state index contributed by atoms with van der Waals surface area (Å²) in [5, 5.41) is 0. The van der Waals surface area contributed by atoms with Crippen LogP contribution in [0.4, 0.5) is 4.39 Å². The molecule has 1 aliphatic rings. The van der Waals surface area contributed by atoms with Crippen LogP contribution < -0.4 is 11.3 Å². The van der Waals surface area contributed by atoms with E-state index in [0.717, 1.165) is 23.2 Å². The number of hydrogen-bond donors (Lipinski definition) is 2. The Morgan fingerprint density at radius 1 is 1.33 bits per heavy atom. The fourth-order valence-corrected chi connectivity index (χ4v) is 3.23. The third-order valence-electron chi connectivity index (χ3n) is 4.00. The Hall–Kier alpha value is -0.450. The molecule has 3 N–H and O–H groups in total. The molecule has 0 amide bonds. The average Bonchev–Trinajstić information content (AvgIpc) is 2.37. The Labute approximate surface area is 116 Å². The number of nitrogens with one attached hydrogen (secondary N) is 1. The molecule has 0 spiro atoms. The van der Waals surface area contributed by atoms with Crippen LogP contribution in [0.15, 0.2) is 22.7 Å². The maximum Gasteiger partial charge on any atom is 0.128 e. The third-order valence-corrected chi connectivity index (χ3v) is 4.50. The average molecular weight is 315 g/mol. The Morgan fingerprint density at radius 3 is 2.61 bits per heavy atom. The van der Waals surface area contributed by atoms with Crippen LogP contribution in [0.2, 0.25) is 0 Å². The topological polar surface area (TPSA) is 38.0 Å². The number of rotatable bonds is 3. The van der Waals surface area contributed by atoms with Crippen molar-refractivity contribution in [1.82, 2.24) is 5.43 Å². The molecule has 0 aromatic heterocycles. The molecule has 1 aromatic rings. The van der Waals surface area contributed by atoms with Crippen LogP contribution in [0, 0.1) is 17.7 Å². The zero-order valence-electron chi connectivity index (χ0n) is 10.6. The van der Waals surface area contributed by atoms with E-state index >= 15 is 0 Å². The van der Waals surface area contributed by atoms with Crippen LogP contribution in [-0.2, 0) is 0 Å². The van der Waals surface area contributed by atoms with Gasteiger partial charge in [-0.25, -0.2) is 4.39 Å². The van der Waals surface area contributed by atoms with Gasteiger partial charge in [-0.1, -0.05) is 35.7 Å². The highest BCUT2D eigenvalue weighted by molar-refractivity contribution is 9.10. The second kappa shape index (κ2) is 6.13. The monoisotopic (exact) mass is 314 g/mol. The number of hydrazine groups is 1. The van der Waals surface area contributed by atoms with Gasteiger partial charge >= 0.3 is 0 Å². The molecule has 0 aliphatic heterocycles. The Morgan fingerprint density at radius 2 is 2.00 bits per heavy atom. The number of hydrogen-bond acceptors (Lipinski definition) is 2. The molecule has 100 valence electrons. The Bertz CT molecular complexity index is 403. The van der Waals surface area contributed by atoms with Crippen molar-refractivity contribution in [2.75, 3.05) is 0 Å². The van der Waals surface area contributed by atoms with Gasteiger partial charge < -0.3 is 0 Å². The number of nitrogens with two attached hydrogens (primary N) is 1. The maximum atomic E-state index is 13.9. The van der Waals surface area contributed by atoms with E-state index < -0.39 is 0 Å². The van der Waals surface area contributed by atoms with Crippen molar-refractivity contribution >= 4 is 15.9 Å². The quantitative estimate of drug-likeness (QED) is 0.655. The lowest BCUT2D eigenvalue weighted by Crippen LogP contribution is -2.35. The van der Waals surface area contributed by atoms with Crippen molar-refractivity contribution in [3.8, 4) is 0 Å². The molecule has 1 atom stereocenters. The van der Waals surface area contributed by atoms with E-state index in [1.54, 1.807) is 6.07 Å². The van der Waals surface area contributed by atoms with Crippen molar-refractivity contribution in [1.29, 1.82) is 0 Å². The minimum Gasteiger partial charge on any atom is -0.271 e. The van der Waals surface area contributed by atoms with Gasteiger partial charge in [0.25, 0.3) is 0 Å². The molecule has 0 radical (unpaired) electrons. The van der Waals surface area contributed by atoms with Gasteiger partial charge in [-0.15, -0.1) is 0 Å². The first-order valence-electron chi connectivity index (χ1n) is 6.53. The molecule has 0 bridgehead atoms. The van der Waals surface area contributed by atoms with Crippen molar-refractivity contribution < 1.29 is 4.39 Å². The second-order valence-corrected chi connectivity index (χ2v) is 6.25. The summed E-state index contributed by atoms with van der Waals surface area (Å²) in [6, 6.07) is 4.96. The maximum absolute atomic E-state index is 13.9. The van der Waals surface area contributed by atoms with Crippen molar-refractivity contribution in [2.24, 2.45) is 17.7 Å². The zero-order chi connectivity index (χ0) is 13.1. The van der Waals surface area contributed by atoms with Crippen molar-refractivity contribution in [2.45, 2.75) is 38.6 Å². The molecular formula is C14H20BrFN2. The SMILES string of the molecule is CC1CCC(C(NN)c2cc(Br)ccc2F)CC1. The molecule has 0 saturated heterocycles. The van der Waals surface area contributed by atoms with Crippen LogP contribution in [0.3, 0.4) is 0 Å². The van der Waals surface area contributed by atoms with Crippen LogP contribution in [-0.4, -0.2) is 0 Å². The van der Waals surface area contributed by atoms with E-state index in [-0.39, 0.29) is 11.9 Å². The predicted molar refractivity (Wildman–Crippen MR) is 75.3 cm³/mol.